The van der Waals surface area contributed by atoms with Crippen LogP contribution in [0.4, 0.5) is 0 Å². The Morgan fingerprint density at radius 1 is 1.00 bits per heavy atom. The van der Waals surface area contributed by atoms with Gasteiger partial charge in [0.2, 0.25) is 0 Å². The molecular formula is C29H49ClOS2. The lowest BCUT2D eigenvalue weighted by molar-refractivity contribution is -0.115. The van der Waals surface area contributed by atoms with Gasteiger partial charge in [-0.2, -0.15) is 0 Å². The van der Waals surface area contributed by atoms with E-state index in [0.717, 1.165) is 53.4 Å². The Hall–Kier alpha value is 0.790. The van der Waals surface area contributed by atoms with Gasteiger partial charge in [-0.25, -0.2) is 0 Å². The lowest BCUT2D eigenvalue weighted by Crippen LogP contribution is -2.62. The molecule has 4 heteroatoms. The molecule has 11 atom stereocenters. The number of halogens is 1. The predicted molar refractivity (Wildman–Crippen MR) is 146 cm³/mol. The maximum absolute atomic E-state index is 13.7. The maximum atomic E-state index is 13.7. The van der Waals surface area contributed by atoms with E-state index in [1.54, 1.807) is 0 Å². The minimum atomic E-state index is -0.686. The zero-order valence-electron chi connectivity index (χ0n) is 21.9. The van der Waals surface area contributed by atoms with E-state index in [2.05, 4.69) is 46.4 Å². The van der Waals surface area contributed by atoms with Crippen molar-refractivity contribution in [2.24, 2.45) is 52.3 Å². The summed E-state index contributed by atoms with van der Waals surface area (Å²) in [4.78, 5) is 0. The van der Waals surface area contributed by atoms with Gasteiger partial charge < -0.3 is 0 Å². The van der Waals surface area contributed by atoms with Crippen molar-refractivity contribution in [3.8, 4) is 0 Å². The highest BCUT2D eigenvalue weighted by molar-refractivity contribution is 8.15. The Morgan fingerprint density at radius 3 is 2.42 bits per heavy atom. The number of hydrogen-bond acceptors (Lipinski definition) is 2. The zero-order chi connectivity index (χ0) is 23.6. The topological polar surface area (TPSA) is 17.1 Å². The highest BCUT2D eigenvalue weighted by Crippen LogP contribution is 2.72. The minimum absolute atomic E-state index is 0.00267. The smallest absolute Gasteiger partial charge is 0.0945 e. The van der Waals surface area contributed by atoms with Crippen LogP contribution in [0.2, 0.25) is 0 Å². The van der Waals surface area contributed by atoms with E-state index in [1.165, 1.54) is 64.2 Å². The summed E-state index contributed by atoms with van der Waals surface area (Å²) < 4.78 is 13.7. The van der Waals surface area contributed by atoms with Crippen LogP contribution in [0.15, 0.2) is 0 Å². The van der Waals surface area contributed by atoms with Gasteiger partial charge in [-0.3, -0.25) is 4.21 Å². The SMILES string of the molecule is CC(C)CCC[C@@H](C)[C@H]1CC[C@H]2[C@@H]3C[C@@]4(SCCS4=O)[C@H]4C[C@@H](Cl)CC[C@]4(C)[C@H]3CC[C@]12C. The summed E-state index contributed by atoms with van der Waals surface area (Å²) >= 11 is 8.91. The van der Waals surface area contributed by atoms with Crippen molar-refractivity contribution in [1.82, 2.24) is 0 Å². The van der Waals surface area contributed by atoms with E-state index >= 15 is 0 Å². The molecule has 4 saturated carbocycles. The van der Waals surface area contributed by atoms with Crippen LogP contribution >= 0.6 is 23.4 Å². The first-order valence-electron chi connectivity index (χ1n) is 14.3. The molecule has 5 aliphatic rings. The lowest BCUT2D eigenvalue weighted by Gasteiger charge is -2.65. The van der Waals surface area contributed by atoms with Gasteiger partial charge in [0.15, 0.2) is 0 Å². The number of alkyl halides is 1. The van der Waals surface area contributed by atoms with Crippen LogP contribution < -0.4 is 0 Å². The molecule has 0 aromatic rings. The summed E-state index contributed by atoms with van der Waals surface area (Å²) in [6.45, 7) is 12.6. The number of fused-ring (bicyclic) bond motifs is 6. The Bertz CT molecular complexity index is 756. The van der Waals surface area contributed by atoms with Gasteiger partial charge in [-0.05, 0) is 104 Å². The quantitative estimate of drug-likeness (QED) is 0.343. The average Bonchev–Trinajstić information content (AvgIpc) is 3.29. The van der Waals surface area contributed by atoms with Gasteiger partial charge in [-0.15, -0.1) is 23.4 Å². The van der Waals surface area contributed by atoms with Crippen molar-refractivity contribution in [2.75, 3.05) is 11.5 Å². The third kappa shape index (κ3) is 4.03. The highest BCUT2D eigenvalue weighted by Gasteiger charge is 2.68. The Labute approximate surface area is 216 Å². The second kappa shape index (κ2) is 9.27. The fraction of sp³-hybridized carbons (Fsp3) is 1.00. The molecule has 190 valence electrons. The van der Waals surface area contributed by atoms with Crippen LogP contribution in [0, 0.1) is 52.3 Å². The Morgan fingerprint density at radius 2 is 1.73 bits per heavy atom. The molecule has 0 aromatic carbocycles. The number of rotatable bonds is 5. The largest absolute Gasteiger partial charge is 0.258 e. The van der Waals surface area contributed by atoms with E-state index in [0.29, 0.717) is 22.1 Å². The lowest BCUT2D eigenvalue weighted by atomic mass is 9.44. The summed E-state index contributed by atoms with van der Waals surface area (Å²) in [5.41, 5.74) is 0.862. The predicted octanol–water partition coefficient (Wildman–Crippen LogP) is 8.52. The third-order valence-electron chi connectivity index (χ3n) is 11.8. The first-order chi connectivity index (χ1) is 15.6. The molecule has 33 heavy (non-hydrogen) atoms. The van der Waals surface area contributed by atoms with Crippen LogP contribution in [0.25, 0.3) is 0 Å². The standard InChI is InChI=1S/C29H49ClOS2/c1-19(2)7-6-8-20(3)23-9-10-24-22-18-29(32-15-16-33(29)31)26-17-21(30)11-13-28(26,5)25(22)12-14-27(23,24)4/h19-26H,6-18H2,1-5H3/t20-,21+,22+,23-,24+,25+,26+,27-,28-,29+,33?/m1/s1. The molecule has 5 fully saturated rings. The maximum Gasteiger partial charge on any atom is 0.0945 e. The molecule has 1 nitrogen and oxygen atoms in total. The van der Waals surface area contributed by atoms with Crippen LogP contribution in [0.5, 0.6) is 0 Å². The molecule has 1 aliphatic heterocycles. The highest BCUT2D eigenvalue weighted by atomic mass is 35.5. The molecule has 0 radical (unpaired) electrons. The number of hydrogen-bond donors (Lipinski definition) is 0. The molecule has 1 heterocycles. The van der Waals surface area contributed by atoms with Crippen molar-refractivity contribution in [2.45, 2.75) is 115 Å². The molecule has 1 spiro atoms. The average molecular weight is 513 g/mol. The summed E-state index contributed by atoms with van der Waals surface area (Å²) in [7, 11) is -0.686. The van der Waals surface area contributed by atoms with Crippen LogP contribution in [0.3, 0.4) is 0 Å². The van der Waals surface area contributed by atoms with Crippen molar-refractivity contribution in [1.29, 1.82) is 0 Å². The van der Waals surface area contributed by atoms with Gasteiger partial charge in [0, 0.05) is 27.7 Å². The molecular weight excluding hydrogens is 464 g/mol. The van der Waals surface area contributed by atoms with Crippen molar-refractivity contribution in [3.63, 3.8) is 0 Å². The van der Waals surface area contributed by atoms with Gasteiger partial charge in [0.05, 0.1) is 4.08 Å². The Kier molecular flexibility index (Phi) is 7.15. The first-order valence-corrected chi connectivity index (χ1v) is 17.0. The fourth-order valence-electron chi connectivity index (χ4n) is 10.2. The second-order valence-corrected chi connectivity index (χ2v) is 17.9. The van der Waals surface area contributed by atoms with E-state index in [-0.39, 0.29) is 4.08 Å². The summed E-state index contributed by atoms with van der Waals surface area (Å²) in [6.07, 6.45) is 14.7. The van der Waals surface area contributed by atoms with E-state index in [9.17, 15) is 4.21 Å². The van der Waals surface area contributed by atoms with Crippen LogP contribution in [0.1, 0.15) is 105 Å². The second-order valence-electron chi connectivity index (χ2n) is 13.8. The van der Waals surface area contributed by atoms with E-state index < -0.39 is 10.8 Å². The van der Waals surface area contributed by atoms with Crippen molar-refractivity contribution in [3.05, 3.63) is 0 Å². The normalized spacial score (nSPS) is 52.5. The van der Waals surface area contributed by atoms with Crippen molar-refractivity contribution >= 4 is 34.2 Å². The molecule has 1 saturated heterocycles. The van der Waals surface area contributed by atoms with E-state index in [4.69, 9.17) is 11.6 Å². The molecule has 0 N–H and O–H groups in total. The molecule has 0 aromatic heterocycles. The third-order valence-corrected chi connectivity index (χ3v) is 16.5. The Balaban J connectivity index is 1.42. The van der Waals surface area contributed by atoms with Crippen LogP contribution in [-0.2, 0) is 10.8 Å². The molecule has 4 aliphatic carbocycles. The minimum Gasteiger partial charge on any atom is -0.258 e. The first kappa shape index (κ1) is 25.4. The monoisotopic (exact) mass is 512 g/mol. The molecule has 0 amide bonds. The fourth-order valence-corrected chi connectivity index (χ4v) is 15.1. The summed E-state index contributed by atoms with van der Waals surface area (Å²) in [5.74, 6) is 7.65. The summed E-state index contributed by atoms with van der Waals surface area (Å²) in [6, 6.07) is 0. The molecule has 0 bridgehead atoms. The molecule has 5 rings (SSSR count). The molecule has 1 unspecified atom stereocenters. The van der Waals surface area contributed by atoms with E-state index in [1.807, 2.05) is 0 Å². The summed E-state index contributed by atoms with van der Waals surface area (Å²) in [5, 5.41) is 0.297. The van der Waals surface area contributed by atoms with Gasteiger partial charge in [0.1, 0.15) is 0 Å². The zero-order valence-corrected chi connectivity index (χ0v) is 24.3. The van der Waals surface area contributed by atoms with Gasteiger partial charge in [-0.1, -0.05) is 53.9 Å². The van der Waals surface area contributed by atoms with Gasteiger partial charge in [0.25, 0.3) is 0 Å². The van der Waals surface area contributed by atoms with Gasteiger partial charge >= 0.3 is 0 Å². The van der Waals surface area contributed by atoms with Crippen molar-refractivity contribution < 1.29 is 4.21 Å². The number of thioether (sulfide) groups is 1. The van der Waals surface area contributed by atoms with Crippen LogP contribution in [-0.4, -0.2) is 25.2 Å².